The van der Waals surface area contributed by atoms with Crippen molar-refractivity contribution in [3.63, 3.8) is 0 Å². The second kappa shape index (κ2) is 6.92. The van der Waals surface area contributed by atoms with Crippen molar-refractivity contribution in [3.8, 4) is 11.3 Å². The van der Waals surface area contributed by atoms with E-state index in [1.54, 1.807) is 30.5 Å². The molecule has 0 bridgehead atoms. The van der Waals surface area contributed by atoms with Crippen LogP contribution in [0.2, 0.25) is 0 Å². The number of aromatic nitrogens is 3. The van der Waals surface area contributed by atoms with Gasteiger partial charge in [-0.25, -0.2) is 8.42 Å². The van der Waals surface area contributed by atoms with Crippen LogP contribution in [0.25, 0.3) is 11.3 Å². The average Bonchev–Trinajstić information content (AvgIpc) is 2.92. The summed E-state index contributed by atoms with van der Waals surface area (Å²) in [5.41, 5.74) is 6.01. The van der Waals surface area contributed by atoms with Crippen LogP contribution < -0.4 is 5.32 Å². The van der Waals surface area contributed by atoms with Gasteiger partial charge in [-0.15, -0.1) is 0 Å². The van der Waals surface area contributed by atoms with Crippen molar-refractivity contribution in [2.45, 2.75) is 25.3 Å². The van der Waals surface area contributed by atoms with Crippen LogP contribution in [0.1, 0.15) is 16.8 Å². The molecule has 1 N–H and O–H groups in total. The lowest BCUT2D eigenvalue weighted by Gasteiger charge is -2.11. The zero-order chi connectivity index (χ0) is 18.9. The molecule has 7 heteroatoms. The minimum atomic E-state index is -3.19. The molecule has 3 aromatic rings. The van der Waals surface area contributed by atoms with Gasteiger partial charge in [0.05, 0.1) is 28.7 Å². The highest BCUT2D eigenvalue weighted by atomic mass is 32.2. The number of benzene rings is 1. The first kappa shape index (κ1) is 18.1. The highest BCUT2D eigenvalue weighted by Gasteiger charge is 2.09. The first-order chi connectivity index (χ1) is 12.3. The summed E-state index contributed by atoms with van der Waals surface area (Å²) in [6.07, 6.45) is 4.87. The van der Waals surface area contributed by atoms with Gasteiger partial charge in [-0.05, 0) is 37.6 Å². The van der Waals surface area contributed by atoms with Crippen molar-refractivity contribution < 1.29 is 8.42 Å². The molecule has 26 heavy (non-hydrogen) atoms. The molecule has 0 aliphatic rings. The Morgan fingerprint density at radius 1 is 1.12 bits per heavy atom. The van der Waals surface area contributed by atoms with Gasteiger partial charge in [0, 0.05) is 36.7 Å². The Balaban J connectivity index is 1.78. The number of nitrogens with zero attached hydrogens (tertiary/aromatic N) is 3. The minimum absolute atomic E-state index is 0.308. The Kier molecular flexibility index (Phi) is 4.82. The van der Waals surface area contributed by atoms with Gasteiger partial charge >= 0.3 is 0 Å². The van der Waals surface area contributed by atoms with Crippen LogP contribution in [-0.2, 0) is 23.4 Å². The number of rotatable bonds is 5. The number of hydrogen-bond acceptors (Lipinski definition) is 5. The number of anilines is 1. The third-order valence-corrected chi connectivity index (χ3v) is 5.62. The number of sulfone groups is 1. The van der Waals surface area contributed by atoms with E-state index in [0.717, 1.165) is 33.8 Å². The molecule has 0 radical (unpaired) electrons. The molecule has 0 saturated heterocycles. The molecule has 0 aliphatic carbocycles. The molecule has 1 aromatic carbocycles. The third kappa shape index (κ3) is 3.77. The zero-order valence-corrected chi connectivity index (χ0v) is 16.1. The summed E-state index contributed by atoms with van der Waals surface area (Å²) in [5, 5.41) is 7.64. The van der Waals surface area contributed by atoms with Crippen molar-refractivity contribution in [1.82, 2.24) is 14.8 Å². The maximum atomic E-state index is 11.6. The van der Waals surface area contributed by atoms with Gasteiger partial charge < -0.3 is 5.32 Å². The van der Waals surface area contributed by atoms with E-state index < -0.39 is 9.84 Å². The fourth-order valence-corrected chi connectivity index (χ4v) is 3.31. The number of pyridine rings is 1. The van der Waals surface area contributed by atoms with Crippen LogP contribution in [0.4, 0.5) is 5.69 Å². The van der Waals surface area contributed by atoms with E-state index in [9.17, 15) is 8.42 Å². The summed E-state index contributed by atoms with van der Waals surface area (Å²) in [6.45, 7) is 4.75. The molecule has 2 aromatic heterocycles. The number of hydrogen-bond donors (Lipinski definition) is 1. The van der Waals surface area contributed by atoms with E-state index in [1.165, 1.54) is 6.26 Å². The molecule has 6 nitrogen and oxygen atoms in total. The smallest absolute Gasteiger partial charge is 0.175 e. The minimum Gasteiger partial charge on any atom is -0.379 e. The molecule has 3 rings (SSSR count). The molecule has 0 atom stereocenters. The molecule has 0 amide bonds. The van der Waals surface area contributed by atoms with Crippen molar-refractivity contribution in [2.75, 3.05) is 11.6 Å². The van der Waals surface area contributed by atoms with Crippen molar-refractivity contribution >= 4 is 15.5 Å². The van der Waals surface area contributed by atoms with Gasteiger partial charge in [-0.1, -0.05) is 12.1 Å². The predicted molar refractivity (Wildman–Crippen MR) is 103 cm³/mol. The lowest BCUT2D eigenvalue weighted by molar-refractivity contribution is 0.602. The van der Waals surface area contributed by atoms with Crippen LogP contribution in [0.3, 0.4) is 0 Å². The van der Waals surface area contributed by atoms with Gasteiger partial charge in [0.15, 0.2) is 9.84 Å². The quantitative estimate of drug-likeness (QED) is 0.747. The largest absolute Gasteiger partial charge is 0.379 e. The fourth-order valence-electron chi connectivity index (χ4n) is 2.68. The fraction of sp³-hybridized carbons (Fsp3) is 0.263. The standard InChI is InChI=1S/C19H22N4O2S/c1-13-9-18(15-5-7-17(8-6-15)26(4,24)25)21-12-19(13)20-10-16-11-22-23(3)14(16)2/h5-9,11-12,20H,10H2,1-4H3. The Hall–Kier alpha value is -2.67. The van der Waals surface area contributed by atoms with Crippen LogP contribution in [0.5, 0.6) is 0 Å². The van der Waals surface area contributed by atoms with E-state index >= 15 is 0 Å². The summed E-state index contributed by atoms with van der Waals surface area (Å²) in [4.78, 5) is 4.82. The Bertz CT molecular complexity index is 1040. The van der Waals surface area contributed by atoms with E-state index in [4.69, 9.17) is 0 Å². The highest BCUT2D eigenvalue weighted by molar-refractivity contribution is 7.90. The summed E-state index contributed by atoms with van der Waals surface area (Å²) >= 11 is 0. The first-order valence-corrected chi connectivity index (χ1v) is 10.1. The summed E-state index contributed by atoms with van der Waals surface area (Å²) in [6, 6.07) is 8.78. The van der Waals surface area contributed by atoms with Crippen LogP contribution >= 0.6 is 0 Å². The first-order valence-electron chi connectivity index (χ1n) is 8.24. The average molecular weight is 370 g/mol. The molecule has 2 heterocycles. The van der Waals surface area contributed by atoms with Gasteiger partial charge in [0.1, 0.15) is 0 Å². The molecule has 136 valence electrons. The summed E-state index contributed by atoms with van der Waals surface area (Å²) in [7, 11) is -1.26. The van der Waals surface area contributed by atoms with Crippen molar-refractivity contribution in [3.05, 3.63) is 59.5 Å². The molecular weight excluding hydrogens is 348 g/mol. The Labute approximate surface area is 153 Å². The SMILES string of the molecule is Cc1cc(-c2ccc(S(C)(=O)=O)cc2)ncc1NCc1cnn(C)c1C. The molecule has 0 fully saturated rings. The molecule has 0 aliphatic heterocycles. The second-order valence-corrected chi connectivity index (χ2v) is 8.43. The van der Waals surface area contributed by atoms with E-state index in [2.05, 4.69) is 15.4 Å². The summed E-state index contributed by atoms with van der Waals surface area (Å²) < 4.78 is 25.0. The van der Waals surface area contributed by atoms with Crippen LogP contribution in [0, 0.1) is 13.8 Å². The van der Waals surface area contributed by atoms with Gasteiger partial charge in [-0.3, -0.25) is 9.67 Å². The van der Waals surface area contributed by atoms with Crippen LogP contribution in [0.15, 0.2) is 47.6 Å². The van der Waals surface area contributed by atoms with E-state index in [1.807, 2.05) is 37.8 Å². The maximum Gasteiger partial charge on any atom is 0.175 e. The van der Waals surface area contributed by atoms with Gasteiger partial charge in [0.2, 0.25) is 0 Å². The molecule has 0 unspecified atom stereocenters. The maximum absolute atomic E-state index is 11.6. The molecule has 0 spiro atoms. The van der Waals surface area contributed by atoms with Crippen molar-refractivity contribution in [2.24, 2.45) is 7.05 Å². The van der Waals surface area contributed by atoms with E-state index in [0.29, 0.717) is 11.4 Å². The van der Waals surface area contributed by atoms with Crippen LogP contribution in [-0.4, -0.2) is 29.4 Å². The summed E-state index contributed by atoms with van der Waals surface area (Å²) in [5.74, 6) is 0. The normalized spacial score (nSPS) is 11.5. The monoisotopic (exact) mass is 370 g/mol. The lowest BCUT2D eigenvalue weighted by Crippen LogP contribution is -2.03. The molecular formula is C19H22N4O2S. The Morgan fingerprint density at radius 2 is 1.81 bits per heavy atom. The zero-order valence-electron chi connectivity index (χ0n) is 15.3. The predicted octanol–water partition coefficient (Wildman–Crippen LogP) is 3.11. The second-order valence-electron chi connectivity index (χ2n) is 6.41. The topological polar surface area (TPSA) is 76.9 Å². The highest BCUT2D eigenvalue weighted by Crippen LogP contribution is 2.24. The third-order valence-electron chi connectivity index (χ3n) is 4.50. The van der Waals surface area contributed by atoms with Gasteiger partial charge in [0.25, 0.3) is 0 Å². The number of aryl methyl sites for hydroxylation is 2. The van der Waals surface area contributed by atoms with E-state index in [-0.39, 0.29) is 0 Å². The lowest BCUT2D eigenvalue weighted by atomic mass is 10.1. The Morgan fingerprint density at radius 3 is 2.35 bits per heavy atom. The number of nitrogens with one attached hydrogen (secondary N) is 1. The molecule has 0 saturated carbocycles. The van der Waals surface area contributed by atoms with Crippen molar-refractivity contribution in [1.29, 1.82) is 0 Å². The van der Waals surface area contributed by atoms with Gasteiger partial charge in [-0.2, -0.15) is 5.10 Å².